The predicted octanol–water partition coefficient (Wildman–Crippen LogP) is 6.23. The van der Waals surface area contributed by atoms with Crippen molar-refractivity contribution in [2.45, 2.75) is 38.0 Å². The molecule has 2 atom stereocenters. The Hall–Kier alpha value is -6.56. The number of benzene rings is 4. The van der Waals surface area contributed by atoms with Gasteiger partial charge in [-0.25, -0.2) is 0 Å². The van der Waals surface area contributed by atoms with Gasteiger partial charge in [-0.3, -0.25) is 19.2 Å². The number of hydrogen-bond donors (Lipinski definition) is 2. The highest BCUT2D eigenvalue weighted by Crippen LogP contribution is 2.45. The van der Waals surface area contributed by atoms with Gasteiger partial charge in [0.2, 0.25) is 0 Å². The van der Waals surface area contributed by atoms with Crippen LogP contribution in [0.25, 0.3) is 21.8 Å². The van der Waals surface area contributed by atoms with Crippen LogP contribution in [0.1, 0.15) is 68.4 Å². The highest BCUT2D eigenvalue weighted by atomic mass is 16.5. The molecule has 54 heavy (non-hydrogen) atoms. The largest absolute Gasteiger partial charge is 0.426 e. The van der Waals surface area contributed by atoms with Gasteiger partial charge in [-0.15, -0.1) is 0 Å². The van der Waals surface area contributed by atoms with Crippen molar-refractivity contribution in [2.24, 2.45) is 0 Å². The summed E-state index contributed by atoms with van der Waals surface area (Å²) in [6.07, 6.45) is 0.504. The van der Waals surface area contributed by atoms with Gasteiger partial charge >= 0.3 is 11.9 Å². The summed E-state index contributed by atoms with van der Waals surface area (Å²) in [5, 5.41) is 1.88. The SMILES string of the molecule is CN1c2ccccc2C(=O)N2CCc3c([nH]c4ccc(OC(=O)CCC(=O)Oc5ccc6[nH]c7c(c6c5)CCN5C(=O)c6ccccc6N(C)C75)cc34)C21. The van der Waals surface area contributed by atoms with Crippen molar-refractivity contribution < 1.29 is 28.7 Å². The van der Waals surface area contributed by atoms with Crippen LogP contribution in [0.3, 0.4) is 0 Å². The average molecular weight is 721 g/mol. The predicted molar refractivity (Wildman–Crippen MR) is 202 cm³/mol. The highest BCUT2D eigenvalue weighted by molar-refractivity contribution is 6.03. The molecule has 2 unspecified atom stereocenters. The minimum Gasteiger partial charge on any atom is -0.426 e. The summed E-state index contributed by atoms with van der Waals surface area (Å²) in [7, 11) is 4.00. The summed E-state index contributed by atoms with van der Waals surface area (Å²) in [6.45, 7) is 1.14. The molecule has 0 radical (unpaired) electrons. The Morgan fingerprint density at radius 2 is 1.06 bits per heavy atom. The molecule has 4 aliphatic rings. The number of fused-ring (bicyclic) bond motifs is 12. The average Bonchev–Trinajstić information content (AvgIpc) is 3.75. The second-order valence-corrected chi connectivity index (χ2v) is 14.4. The Bertz CT molecular complexity index is 2410. The molecule has 2 N–H and O–H groups in total. The number of hydrogen-bond acceptors (Lipinski definition) is 8. The molecule has 10 rings (SSSR count). The van der Waals surface area contributed by atoms with E-state index in [1.165, 1.54) is 0 Å². The van der Waals surface area contributed by atoms with Gasteiger partial charge in [-0.05, 0) is 84.6 Å². The standard InChI is InChI=1S/C42H36N6O6/c1-45-33-9-5-3-7-27(33)41(51)47-19-17-25-29-21-23(11-13-31(29)43-37(25)39(45)47)53-35(49)15-16-36(50)54-24-12-14-32-30(22-24)26-18-20-48-40(38(26)44-32)46(2)34-10-6-4-8-28(34)42(48)52/h3-14,21-22,39-40,43-44H,15-20H2,1-2H3. The van der Waals surface area contributed by atoms with Gasteiger partial charge in [0.1, 0.15) is 23.8 Å². The molecule has 270 valence electrons. The third-order valence-electron chi connectivity index (χ3n) is 11.4. The number of carbonyl (C=O) groups is 4. The number of rotatable bonds is 5. The normalized spacial score (nSPS) is 18.5. The summed E-state index contributed by atoms with van der Waals surface area (Å²) in [6, 6.07) is 26.2. The summed E-state index contributed by atoms with van der Waals surface area (Å²) < 4.78 is 11.4. The number of nitrogens with zero attached hydrogens (tertiary/aromatic N) is 4. The van der Waals surface area contributed by atoms with E-state index in [0.29, 0.717) is 48.6 Å². The first-order valence-corrected chi connectivity index (χ1v) is 18.2. The molecule has 0 aliphatic carbocycles. The Labute approximate surface area is 309 Å². The van der Waals surface area contributed by atoms with Crippen LogP contribution in [-0.4, -0.2) is 70.7 Å². The van der Waals surface area contributed by atoms with Crippen molar-refractivity contribution in [3.63, 3.8) is 0 Å². The van der Waals surface area contributed by atoms with Crippen LogP contribution >= 0.6 is 0 Å². The molecule has 0 spiro atoms. The van der Waals surface area contributed by atoms with Crippen molar-refractivity contribution in [2.75, 3.05) is 37.0 Å². The molecule has 0 saturated carbocycles. The fourth-order valence-corrected chi connectivity index (χ4v) is 8.92. The summed E-state index contributed by atoms with van der Waals surface area (Å²) in [5.41, 5.74) is 9.06. The van der Waals surface area contributed by atoms with Crippen LogP contribution in [0.15, 0.2) is 84.9 Å². The lowest BCUT2D eigenvalue weighted by Crippen LogP contribution is -2.51. The van der Waals surface area contributed by atoms with Gasteiger partial charge < -0.3 is 39.0 Å². The fraction of sp³-hybridized carbons (Fsp3) is 0.238. The number of anilines is 2. The molecule has 6 aromatic rings. The zero-order valence-electron chi connectivity index (χ0n) is 29.7. The maximum atomic E-state index is 13.4. The van der Waals surface area contributed by atoms with Crippen molar-refractivity contribution in [3.8, 4) is 11.5 Å². The third-order valence-corrected chi connectivity index (χ3v) is 11.4. The van der Waals surface area contributed by atoms with E-state index in [9.17, 15) is 19.2 Å². The van der Waals surface area contributed by atoms with E-state index in [1.807, 2.05) is 96.7 Å². The first-order valence-electron chi connectivity index (χ1n) is 18.2. The van der Waals surface area contributed by atoms with E-state index in [-0.39, 0.29) is 37.0 Å². The summed E-state index contributed by atoms with van der Waals surface area (Å²) in [4.78, 5) is 67.7. The molecular weight excluding hydrogens is 684 g/mol. The second-order valence-electron chi connectivity index (χ2n) is 14.4. The molecule has 4 aromatic carbocycles. The van der Waals surface area contributed by atoms with Gasteiger partial charge in [0.25, 0.3) is 11.8 Å². The van der Waals surface area contributed by atoms with Crippen molar-refractivity contribution >= 4 is 56.9 Å². The zero-order chi connectivity index (χ0) is 36.8. The fourth-order valence-electron chi connectivity index (χ4n) is 8.92. The molecule has 6 heterocycles. The molecule has 4 aliphatic heterocycles. The lowest BCUT2D eigenvalue weighted by Gasteiger charge is -2.46. The van der Waals surface area contributed by atoms with E-state index < -0.39 is 11.9 Å². The van der Waals surface area contributed by atoms with E-state index in [1.54, 1.807) is 12.1 Å². The smallest absolute Gasteiger partial charge is 0.311 e. The Morgan fingerprint density at radius 1 is 0.630 bits per heavy atom. The van der Waals surface area contributed by atoms with Crippen LogP contribution in [-0.2, 0) is 22.4 Å². The Kier molecular flexibility index (Phi) is 7.13. The van der Waals surface area contributed by atoms with Gasteiger partial charge in [0.15, 0.2) is 0 Å². The number of carbonyl (C=O) groups excluding carboxylic acids is 4. The molecule has 12 heteroatoms. The molecular formula is C42H36N6O6. The topological polar surface area (TPSA) is 131 Å². The van der Waals surface area contributed by atoms with Gasteiger partial charge in [-0.2, -0.15) is 0 Å². The van der Waals surface area contributed by atoms with Gasteiger partial charge in [0, 0.05) is 49.0 Å². The van der Waals surface area contributed by atoms with E-state index in [4.69, 9.17) is 9.47 Å². The molecule has 2 aromatic heterocycles. The van der Waals surface area contributed by atoms with Crippen LogP contribution in [0.4, 0.5) is 11.4 Å². The van der Waals surface area contributed by atoms with E-state index in [2.05, 4.69) is 19.8 Å². The number of amides is 2. The second kappa shape index (κ2) is 12.0. The number of para-hydroxylation sites is 2. The number of aromatic amines is 2. The van der Waals surface area contributed by atoms with Crippen LogP contribution < -0.4 is 19.3 Å². The monoisotopic (exact) mass is 720 g/mol. The molecule has 2 amide bonds. The Morgan fingerprint density at radius 3 is 1.50 bits per heavy atom. The first kappa shape index (κ1) is 32.1. The van der Waals surface area contributed by atoms with Crippen molar-refractivity contribution in [1.82, 2.24) is 19.8 Å². The van der Waals surface area contributed by atoms with Crippen LogP contribution in [0.5, 0.6) is 11.5 Å². The van der Waals surface area contributed by atoms with E-state index >= 15 is 0 Å². The van der Waals surface area contributed by atoms with Crippen LogP contribution in [0, 0.1) is 0 Å². The highest BCUT2D eigenvalue weighted by Gasteiger charge is 2.43. The summed E-state index contributed by atoms with van der Waals surface area (Å²) in [5.74, 6) is -0.266. The molecule has 0 bridgehead atoms. The third kappa shape index (κ3) is 4.82. The van der Waals surface area contributed by atoms with Gasteiger partial charge in [0.05, 0.1) is 46.7 Å². The quantitative estimate of drug-likeness (QED) is 0.158. The van der Waals surface area contributed by atoms with E-state index in [0.717, 1.165) is 55.7 Å². The van der Waals surface area contributed by atoms with Crippen molar-refractivity contribution in [3.05, 3.63) is 119 Å². The molecule has 0 saturated heterocycles. The zero-order valence-corrected chi connectivity index (χ0v) is 29.7. The number of ether oxygens (including phenoxy) is 2. The number of H-pyrrole nitrogens is 2. The van der Waals surface area contributed by atoms with Crippen LogP contribution in [0.2, 0.25) is 0 Å². The summed E-state index contributed by atoms with van der Waals surface area (Å²) >= 11 is 0. The number of nitrogens with one attached hydrogen (secondary N) is 2. The maximum absolute atomic E-state index is 13.4. The number of aromatic nitrogens is 2. The lowest BCUT2D eigenvalue weighted by atomic mass is 9.96. The van der Waals surface area contributed by atoms with Crippen molar-refractivity contribution in [1.29, 1.82) is 0 Å². The Balaban J connectivity index is 0.812. The maximum Gasteiger partial charge on any atom is 0.311 e. The van der Waals surface area contributed by atoms with Gasteiger partial charge in [-0.1, -0.05) is 24.3 Å². The molecule has 12 nitrogen and oxygen atoms in total. The molecule has 0 fully saturated rings. The number of esters is 2. The first-order chi connectivity index (χ1) is 26.2. The minimum atomic E-state index is -0.538. The lowest BCUT2D eigenvalue weighted by molar-refractivity contribution is -0.140. The minimum absolute atomic E-state index is 0.0179.